The number of nitrogens with one attached hydrogen (secondary N) is 1. The van der Waals surface area contributed by atoms with Crippen LogP contribution in [0.1, 0.15) is 39.0 Å². The molecule has 0 bridgehead atoms. The molecule has 0 aromatic rings. The van der Waals surface area contributed by atoms with Crippen molar-refractivity contribution in [3.05, 3.63) is 0 Å². The van der Waals surface area contributed by atoms with Crippen molar-refractivity contribution < 1.29 is 13.2 Å². The van der Waals surface area contributed by atoms with Gasteiger partial charge in [0, 0.05) is 46.2 Å². The van der Waals surface area contributed by atoms with Crippen LogP contribution in [0.4, 0.5) is 0 Å². The number of rotatable bonds is 7. The Balaban J connectivity index is 1.64. The molecule has 2 rings (SSSR count). The van der Waals surface area contributed by atoms with Crippen molar-refractivity contribution in [3.63, 3.8) is 0 Å². The molecule has 0 aromatic heterocycles. The summed E-state index contributed by atoms with van der Waals surface area (Å²) in [4.78, 5) is 14.8. The third kappa shape index (κ3) is 5.91. The van der Waals surface area contributed by atoms with Gasteiger partial charge in [-0.25, -0.2) is 0 Å². The Labute approximate surface area is 152 Å². The van der Waals surface area contributed by atoms with Gasteiger partial charge >= 0.3 is 0 Å². The molecule has 2 aliphatic heterocycles. The highest BCUT2D eigenvalue weighted by atomic mass is 32.2. The molecule has 2 heterocycles. The third-order valence-corrected chi connectivity index (χ3v) is 7.24. The molecule has 146 valence electrons. The van der Waals surface area contributed by atoms with E-state index < -0.39 is 10.2 Å². The van der Waals surface area contributed by atoms with Crippen molar-refractivity contribution in [1.82, 2.24) is 18.8 Å². The predicted octanol–water partition coefficient (Wildman–Crippen LogP) is 0.743. The first-order valence-corrected chi connectivity index (χ1v) is 10.9. The van der Waals surface area contributed by atoms with Crippen LogP contribution in [-0.4, -0.2) is 81.2 Å². The van der Waals surface area contributed by atoms with Gasteiger partial charge in [-0.05, 0) is 51.1 Å². The van der Waals surface area contributed by atoms with E-state index in [1.54, 1.807) is 0 Å². The number of likely N-dealkylation sites (tertiary alicyclic amines) is 1. The van der Waals surface area contributed by atoms with Crippen LogP contribution in [0.5, 0.6) is 0 Å². The van der Waals surface area contributed by atoms with Crippen LogP contribution in [0.15, 0.2) is 0 Å². The number of carbonyl (C=O) groups excluding carboxylic acids is 1. The van der Waals surface area contributed by atoms with E-state index in [1.807, 2.05) is 0 Å². The van der Waals surface area contributed by atoms with E-state index in [9.17, 15) is 13.2 Å². The molecule has 8 heteroatoms. The molecule has 2 aliphatic rings. The molecule has 1 atom stereocenters. The second-order valence-corrected chi connectivity index (χ2v) is 9.80. The summed E-state index contributed by atoms with van der Waals surface area (Å²) in [5, 5.41) is 3.04. The van der Waals surface area contributed by atoms with Gasteiger partial charge in [-0.2, -0.15) is 17.0 Å². The molecule has 25 heavy (non-hydrogen) atoms. The van der Waals surface area contributed by atoms with Gasteiger partial charge in [0.05, 0.1) is 0 Å². The highest BCUT2D eigenvalue weighted by molar-refractivity contribution is 7.86. The van der Waals surface area contributed by atoms with Gasteiger partial charge in [0.1, 0.15) is 0 Å². The van der Waals surface area contributed by atoms with Crippen molar-refractivity contribution in [1.29, 1.82) is 0 Å². The predicted molar refractivity (Wildman–Crippen MR) is 99.4 cm³/mol. The van der Waals surface area contributed by atoms with E-state index in [1.165, 1.54) is 48.6 Å². The van der Waals surface area contributed by atoms with Crippen molar-refractivity contribution in [3.8, 4) is 0 Å². The Morgan fingerprint density at radius 3 is 2.44 bits per heavy atom. The number of piperidine rings is 2. The summed E-state index contributed by atoms with van der Waals surface area (Å²) >= 11 is 0. The van der Waals surface area contributed by atoms with Crippen LogP contribution in [0.3, 0.4) is 0 Å². The monoisotopic (exact) mass is 374 g/mol. The largest absolute Gasteiger partial charge is 0.356 e. The highest BCUT2D eigenvalue weighted by Gasteiger charge is 2.32. The number of hydrogen-bond donors (Lipinski definition) is 1. The number of carbonyl (C=O) groups is 1. The number of amides is 1. The van der Waals surface area contributed by atoms with Crippen molar-refractivity contribution in [2.24, 2.45) is 11.8 Å². The molecular weight excluding hydrogens is 340 g/mol. The Morgan fingerprint density at radius 2 is 1.84 bits per heavy atom. The molecule has 1 amide bonds. The minimum Gasteiger partial charge on any atom is -0.356 e. The average molecular weight is 375 g/mol. The van der Waals surface area contributed by atoms with Crippen LogP contribution >= 0.6 is 0 Å². The van der Waals surface area contributed by atoms with Crippen molar-refractivity contribution in [2.45, 2.75) is 39.0 Å². The molecule has 2 saturated heterocycles. The van der Waals surface area contributed by atoms with E-state index in [0.29, 0.717) is 32.5 Å². The first-order valence-electron chi connectivity index (χ1n) is 9.48. The van der Waals surface area contributed by atoms with Gasteiger partial charge in [0.2, 0.25) is 5.91 Å². The zero-order valence-electron chi connectivity index (χ0n) is 15.9. The lowest BCUT2D eigenvalue weighted by Gasteiger charge is -2.32. The maximum absolute atomic E-state index is 12.3. The second kappa shape index (κ2) is 9.30. The SMILES string of the molecule is C[C@@H]1CCCN(CCCNC(=O)C2CCN(S(=O)(=O)N(C)C)CC2)C1. The van der Waals surface area contributed by atoms with Crippen LogP contribution in [-0.2, 0) is 15.0 Å². The first-order chi connectivity index (χ1) is 11.8. The smallest absolute Gasteiger partial charge is 0.281 e. The summed E-state index contributed by atoms with van der Waals surface area (Å²) in [6.45, 7) is 7.25. The maximum atomic E-state index is 12.3. The lowest BCUT2D eigenvalue weighted by molar-refractivity contribution is -0.126. The molecular formula is C17H34N4O3S. The third-order valence-electron chi connectivity index (χ3n) is 5.30. The molecule has 0 radical (unpaired) electrons. The minimum absolute atomic E-state index is 0.0661. The topological polar surface area (TPSA) is 73.0 Å². The summed E-state index contributed by atoms with van der Waals surface area (Å²) in [6, 6.07) is 0. The highest BCUT2D eigenvalue weighted by Crippen LogP contribution is 2.20. The van der Waals surface area contributed by atoms with E-state index in [-0.39, 0.29) is 11.8 Å². The van der Waals surface area contributed by atoms with Gasteiger partial charge < -0.3 is 10.2 Å². The fourth-order valence-electron chi connectivity index (χ4n) is 3.73. The summed E-state index contributed by atoms with van der Waals surface area (Å²) in [6.07, 6.45) is 4.79. The molecule has 0 spiro atoms. The van der Waals surface area contributed by atoms with Crippen molar-refractivity contribution >= 4 is 16.1 Å². The Kier molecular flexibility index (Phi) is 7.67. The van der Waals surface area contributed by atoms with Gasteiger partial charge in [-0.3, -0.25) is 4.79 Å². The molecule has 0 saturated carbocycles. The van der Waals surface area contributed by atoms with Gasteiger partial charge in [-0.1, -0.05) is 6.92 Å². The first kappa shape index (κ1) is 20.6. The average Bonchev–Trinajstić information content (AvgIpc) is 2.58. The summed E-state index contributed by atoms with van der Waals surface area (Å²) in [5.74, 6) is 0.796. The summed E-state index contributed by atoms with van der Waals surface area (Å²) in [5.41, 5.74) is 0. The second-order valence-electron chi connectivity index (χ2n) is 7.66. The van der Waals surface area contributed by atoms with Crippen LogP contribution in [0.2, 0.25) is 0 Å². The Morgan fingerprint density at radius 1 is 1.16 bits per heavy atom. The molecule has 0 aliphatic carbocycles. The van der Waals surface area contributed by atoms with Gasteiger partial charge in [-0.15, -0.1) is 0 Å². The summed E-state index contributed by atoms with van der Waals surface area (Å²) < 4.78 is 26.9. The van der Waals surface area contributed by atoms with E-state index in [2.05, 4.69) is 17.1 Å². The fraction of sp³-hybridized carbons (Fsp3) is 0.941. The molecule has 1 N–H and O–H groups in total. The number of hydrogen-bond acceptors (Lipinski definition) is 4. The normalized spacial score (nSPS) is 24.6. The molecule has 0 aromatic carbocycles. The minimum atomic E-state index is -3.36. The van der Waals surface area contributed by atoms with Crippen LogP contribution in [0, 0.1) is 11.8 Å². The lowest BCUT2D eigenvalue weighted by Crippen LogP contribution is -2.47. The molecule has 2 fully saturated rings. The molecule has 7 nitrogen and oxygen atoms in total. The van der Waals surface area contributed by atoms with E-state index in [0.717, 1.165) is 18.9 Å². The van der Waals surface area contributed by atoms with E-state index in [4.69, 9.17) is 0 Å². The Bertz CT molecular complexity index is 530. The molecule has 0 unspecified atom stereocenters. The summed E-state index contributed by atoms with van der Waals surface area (Å²) in [7, 11) is -0.280. The standard InChI is InChI=1S/C17H34N4O3S/c1-15-6-4-10-20(14-15)11-5-9-18-17(22)16-7-12-21(13-8-16)25(23,24)19(2)3/h15-16H,4-14H2,1-3H3,(H,18,22)/t15-/m1/s1. The van der Waals surface area contributed by atoms with Crippen molar-refractivity contribution in [2.75, 3.05) is 53.4 Å². The van der Waals surface area contributed by atoms with Gasteiger partial charge in [0.15, 0.2) is 0 Å². The number of nitrogens with zero attached hydrogens (tertiary/aromatic N) is 3. The van der Waals surface area contributed by atoms with Crippen LogP contribution < -0.4 is 5.32 Å². The lowest BCUT2D eigenvalue weighted by atomic mass is 9.97. The van der Waals surface area contributed by atoms with Gasteiger partial charge in [0.25, 0.3) is 10.2 Å². The zero-order valence-corrected chi connectivity index (χ0v) is 16.7. The zero-order chi connectivity index (χ0) is 18.4. The van der Waals surface area contributed by atoms with E-state index >= 15 is 0 Å². The fourth-order valence-corrected chi connectivity index (χ4v) is 4.86. The van der Waals surface area contributed by atoms with Crippen LogP contribution in [0.25, 0.3) is 0 Å². The maximum Gasteiger partial charge on any atom is 0.281 e. The Hall–Kier alpha value is -0.700. The quantitative estimate of drug-likeness (QED) is 0.667.